The maximum absolute atomic E-state index is 13.9. The van der Waals surface area contributed by atoms with E-state index in [1.807, 2.05) is 20.8 Å². The Morgan fingerprint density at radius 1 is 1.19 bits per heavy atom. The summed E-state index contributed by atoms with van der Waals surface area (Å²) in [6, 6.07) is -1.10. The first-order valence-corrected chi connectivity index (χ1v) is 12.8. The summed E-state index contributed by atoms with van der Waals surface area (Å²) in [4.78, 5) is 42.2. The topological polar surface area (TPSA) is 98.7 Å². The van der Waals surface area contributed by atoms with E-state index >= 15 is 0 Å². The van der Waals surface area contributed by atoms with Gasteiger partial charge in [-0.05, 0) is 31.1 Å². The molecule has 1 spiro atoms. The summed E-state index contributed by atoms with van der Waals surface area (Å²) < 4.78 is -0.616. The maximum atomic E-state index is 13.9. The van der Waals surface area contributed by atoms with Crippen molar-refractivity contribution < 1.29 is 19.5 Å². The molecule has 3 fully saturated rings. The van der Waals surface area contributed by atoms with Gasteiger partial charge in [0.25, 0.3) is 0 Å². The smallest absolute Gasteiger partial charge is 0.244 e. The molecule has 8 heteroatoms. The molecule has 3 unspecified atom stereocenters. The number of aliphatic hydroxyl groups excluding tert-OH is 1. The Morgan fingerprint density at radius 2 is 1.87 bits per heavy atom. The van der Waals surface area contributed by atoms with E-state index in [0.29, 0.717) is 13.1 Å². The highest BCUT2D eigenvalue weighted by Gasteiger charge is 2.76. The van der Waals surface area contributed by atoms with Gasteiger partial charge in [0.05, 0.1) is 29.2 Å². The second-order valence-corrected chi connectivity index (χ2v) is 11.3. The van der Waals surface area contributed by atoms with Gasteiger partial charge < -0.3 is 20.6 Å². The van der Waals surface area contributed by atoms with Gasteiger partial charge in [0.15, 0.2) is 0 Å². The first-order valence-electron chi connectivity index (χ1n) is 11.9. The molecule has 0 radical (unpaired) electrons. The SMILES string of the molecule is CCCCNC(=O)C1N([C@@H](CO)C(C)C)C(=O)[C@@H]2[C@H](C(=O)NCCC)[C@@H]3CC(C)C12S3. The standard InChI is InChI=1S/C23H39N3O4S/c1-6-8-10-25-21(29)19-23-14(5)11-16(31-23)17(20(28)24-9-7-2)18(23)22(30)26(19)15(12-27)13(3)4/h13-19,27H,6-12H2,1-5H3,(H,24,28)(H,25,29)/t14?,15-,16-,17+,18-,19?,23?/m0/s1. The number of fused-ring (bicyclic) bond motifs is 1. The summed E-state index contributed by atoms with van der Waals surface area (Å²) in [7, 11) is 0. The minimum atomic E-state index is -0.657. The van der Waals surface area contributed by atoms with Crippen molar-refractivity contribution in [1.82, 2.24) is 15.5 Å². The van der Waals surface area contributed by atoms with Crippen LogP contribution < -0.4 is 10.6 Å². The Bertz CT molecular complexity index is 702. The summed E-state index contributed by atoms with van der Waals surface area (Å²) in [6.07, 6.45) is 3.52. The average molecular weight is 454 g/mol. The quantitative estimate of drug-likeness (QED) is 0.438. The van der Waals surface area contributed by atoms with E-state index in [2.05, 4.69) is 24.5 Å². The number of hydrogen-bond acceptors (Lipinski definition) is 5. The van der Waals surface area contributed by atoms with Crippen LogP contribution in [0, 0.1) is 23.7 Å². The molecule has 7 nitrogen and oxygen atoms in total. The van der Waals surface area contributed by atoms with Crippen molar-refractivity contribution >= 4 is 29.5 Å². The highest BCUT2D eigenvalue weighted by Crippen LogP contribution is 2.68. The number of amides is 3. The van der Waals surface area contributed by atoms with Crippen LogP contribution >= 0.6 is 11.8 Å². The Labute approximate surface area is 190 Å². The zero-order valence-corrected chi connectivity index (χ0v) is 20.3. The summed E-state index contributed by atoms with van der Waals surface area (Å²) in [5.41, 5.74) is 0. The van der Waals surface area contributed by atoms with Crippen molar-refractivity contribution in [3.63, 3.8) is 0 Å². The van der Waals surface area contributed by atoms with E-state index < -0.39 is 28.7 Å². The van der Waals surface area contributed by atoms with Crippen LogP contribution in [0.25, 0.3) is 0 Å². The van der Waals surface area contributed by atoms with Crippen LogP contribution in [-0.4, -0.2) is 69.5 Å². The predicted molar refractivity (Wildman–Crippen MR) is 122 cm³/mol. The molecule has 3 N–H and O–H groups in total. The molecule has 3 saturated heterocycles. The normalized spacial score (nSPS) is 34.9. The first-order chi connectivity index (χ1) is 14.8. The van der Waals surface area contributed by atoms with Gasteiger partial charge in [0.2, 0.25) is 17.7 Å². The number of carbonyl (C=O) groups excluding carboxylic acids is 3. The third-order valence-corrected chi connectivity index (χ3v) is 9.50. The Hall–Kier alpha value is -1.28. The highest BCUT2D eigenvalue weighted by atomic mass is 32.2. The lowest BCUT2D eigenvalue weighted by Crippen LogP contribution is -2.59. The molecule has 3 heterocycles. The average Bonchev–Trinajstić information content (AvgIpc) is 3.31. The van der Waals surface area contributed by atoms with E-state index in [0.717, 1.165) is 25.7 Å². The van der Waals surface area contributed by atoms with Crippen LogP contribution in [0.1, 0.15) is 60.3 Å². The van der Waals surface area contributed by atoms with Gasteiger partial charge in [0, 0.05) is 18.3 Å². The highest BCUT2D eigenvalue weighted by molar-refractivity contribution is 8.02. The lowest BCUT2D eigenvalue weighted by molar-refractivity contribution is -0.143. The molecule has 3 aliphatic rings. The minimum Gasteiger partial charge on any atom is -0.394 e. The van der Waals surface area contributed by atoms with Crippen molar-refractivity contribution in [1.29, 1.82) is 0 Å². The van der Waals surface area contributed by atoms with Crippen molar-refractivity contribution in [2.24, 2.45) is 23.7 Å². The number of rotatable bonds is 10. The van der Waals surface area contributed by atoms with Crippen LogP contribution in [-0.2, 0) is 14.4 Å². The van der Waals surface area contributed by atoms with Gasteiger partial charge in [-0.2, -0.15) is 0 Å². The number of aliphatic hydroxyl groups is 1. The summed E-state index contributed by atoms with van der Waals surface area (Å²) in [5.74, 6) is -1.13. The van der Waals surface area contributed by atoms with E-state index in [9.17, 15) is 19.5 Å². The van der Waals surface area contributed by atoms with Gasteiger partial charge in [-0.1, -0.05) is 41.0 Å². The van der Waals surface area contributed by atoms with Crippen molar-refractivity contribution in [2.45, 2.75) is 82.4 Å². The van der Waals surface area contributed by atoms with Gasteiger partial charge in [-0.3, -0.25) is 14.4 Å². The second-order valence-electron chi connectivity index (χ2n) is 9.73. The molecular formula is C23H39N3O4S. The van der Waals surface area contributed by atoms with E-state index in [-0.39, 0.29) is 41.4 Å². The molecule has 3 amide bonds. The zero-order chi connectivity index (χ0) is 22.9. The fourth-order valence-corrected chi connectivity index (χ4v) is 8.30. The molecule has 3 aliphatic heterocycles. The summed E-state index contributed by atoms with van der Waals surface area (Å²) in [6.45, 7) is 11.1. The number of hydrogen-bond donors (Lipinski definition) is 3. The van der Waals surface area contributed by atoms with Crippen molar-refractivity contribution in [2.75, 3.05) is 19.7 Å². The van der Waals surface area contributed by atoms with E-state index in [1.165, 1.54) is 0 Å². The van der Waals surface area contributed by atoms with Gasteiger partial charge in [-0.15, -0.1) is 11.8 Å². The van der Waals surface area contributed by atoms with Crippen LogP contribution in [0.3, 0.4) is 0 Å². The van der Waals surface area contributed by atoms with Crippen LogP contribution in [0.15, 0.2) is 0 Å². The Kier molecular flexibility index (Phi) is 7.62. The van der Waals surface area contributed by atoms with Crippen LogP contribution in [0.2, 0.25) is 0 Å². The molecular weight excluding hydrogens is 414 g/mol. The number of thioether (sulfide) groups is 1. The number of carbonyl (C=O) groups is 3. The second kappa shape index (κ2) is 9.69. The van der Waals surface area contributed by atoms with Gasteiger partial charge >= 0.3 is 0 Å². The maximum Gasteiger partial charge on any atom is 0.244 e. The molecule has 0 aromatic rings. The molecule has 3 rings (SSSR count). The van der Waals surface area contributed by atoms with Crippen LogP contribution in [0.4, 0.5) is 0 Å². The largest absolute Gasteiger partial charge is 0.394 e. The van der Waals surface area contributed by atoms with Gasteiger partial charge in [-0.25, -0.2) is 0 Å². The lowest BCUT2D eigenvalue weighted by atomic mass is 9.66. The monoisotopic (exact) mass is 453 g/mol. The zero-order valence-electron chi connectivity index (χ0n) is 19.5. The van der Waals surface area contributed by atoms with Gasteiger partial charge in [0.1, 0.15) is 6.04 Å². The fourth-order valence-electron chi connectivity index (χ4n) is 5.89. The molecule has 176 valence electrons. The first kappa shape index (κ1) is 24.4. The van der Waals surface area contributed by atoms with Crippen molar-refractivity contribution in [3.8, 4) is 0 Å². The molecule has 0 aromatic heterocycles. The molecule has 2 bridgehead atoms. The van der Waals surface area contributed by atoms with E-state index in [1.54, 1.807) is 16.7 Å². The molecule has 0 aromatic carbocycles. The summed E-state index contributed by atoms with van der Waals surface area (Å²) >= 11 is 1.68. The third-order valence-electron chi connectivity index (χ3n) is 7.43. The molecule has 31 heavy (non-hydrogen) atoms. The summed E-state index contributed by atoms with van der Waals surface area (Å²) in [5, 5.41) is 16.3. The Morgan fingerprint density at radius 3 is 2.45 bits per heavy atom. The third kappa shape index (κ3) is 3.88. The molecule has 0 aliphatic carbocycles. The van der Waals surface area contributed by atoms with E-state index in [4.69, 9.17) is 0 Å². The number of likely N-dealkylation sites (tertiary alicyclic amines) is 1. The number of unbranched alkanes of at least 4 members (excludes halogenated alkanes) is 1. The van der Waals surface area contributed by atoms with Crippen molar-refractivity contribution in [3.05, 3.63) is 0 Å². The molecule has 7 atom stereocenters. The Balaban J connectivity index is 2.03. The predicted octanol–water partition coefficient (Wildman–Crippen LogP) is 1.78. The molecule has 0 saturated carbocycles. The number of nitrogens with zero attached hydrogens (tertiary/aromatic N) is 1. The fraction of sp³-hybridized carbons (Fsp3) is 0.870. The van der Waals surface area contributed by atoms with Crippen LogP contribution in [0.5, 0.6) is 0 Å². The minimum absolute atomic E-state index is 0.00000705. The lowest BCUT2D eigenvalue weighted by Gasteiger charge is -2.40. The number of nitrogens with one attached hydrogen (secondary N) is 2.